The van der Waals surface area contributed by atoms with Gasteiger partial charge in [-0.3, -0.25) is 9.69 Å². The van der Waals surface area contributed by atoms with Crippen molar-refractivity contribution in [2.45, 2.75) is 18.0 Å². The first kappa shape index (κ1) is 20.9. The number of Topliss-reactive ketones (excluding diaryl/α,β-unsaturated/α-hetero) is 1. The summed E-state index contributed by atoms with van der Waals surface area (Å²) in [5, 5.41) is 0. The SMILES string of the molecule is CNS(=O)(=O)c1ccc(C(=O)CN(Cc2ccccc2)Cc2ccccc2)cc1. The van der Waals surface area contributed by atoms with Gasteiger partial charge in [-0.15, -0.1) is 0 Å². The summed E-state index contributed by atoms with van der Waals surface area (Å²) < 4.78 is 26.0. The van der Waals surface area contributed by atoms with Crippen LogP contribution < -0.4 is 4.72 Å². The van der Waals surface area contributed by atoms with E-state index in [2.05, 4.69) is 9.62 Å². The third kappa shape index (κ3) is 5.84. The van der Waals surface area contributed by atoms with E-state index in [4.69, 9.17) is 0 Å². The number of hydrogen-bond donors (Lipinski definition) is 1. The third-order valence-electron chi connectivity index (χ3n) is 4.62. The van der Waals surface area contributed by atoms with Gasteiger partial charge in [0.05, 0.1) is 11.4 Å². The Bertz CT molecular complexity index is 993. The van der Waals surface area contributed by atoms with Crippen molar-refractivity contribution >= 4 is 15.8 Å². The molecule has 0 spiro atoms. The molecule has 0 amide bonds. The molecular weight excluding hydrogens is 384 g/mol. The molecular formula is C23H24N2O3S. The lowest BCUT2D eigenvalue weighted by molar-refractivity contribution is 0.0920. The zero-order chi connectivity index (χ0) is 20.7. The normalized spacial score (nSPS) is 11.5. The van der Waals surface area contributed by atoms with Crippen LogP contribution in [0.15, 0.2) is 89.8 Å². The standard InChI is InChI=1S/C23H24N2O3S/c1-24-29(27,28)22-14-12-21(13-15-22)23(26)18-25(16-19-8-4-2-5-9-19)17-20-10-6-3-7-11-20/h2-15,24H,16-18H2,1H3. The summed E-state index contributed by atoms with van der Waals surface area (Å²) in [6, 6.07) is 26.1. The summed E-state index contributed by atoms with van der Waals surface area (Å²) in [6.07, 6.45) is 0. The molecule has 0 radical (unpaired) electrons. The molecule has 1 N–H and O–H groups in total. The Morgan fingerprint density at radius 1 is 0.793 bits per heavy atom. The molecule has 0 fully saturated rings. The summed E-state index contributed by atoms with van der Waals surface area (Å²) in [5.41, 5.74) is 2.75. The van der Waals surface area contributed by atoms with Gasteiger partial charge in [0.2, 0.25) is 10.0 Å². The molecule has 5 nitrogen and oxygen atoms in total. The lowest BCUT2D eigenvalue weighted by Crippen LogP contribution is -2.29. The average Bonchev–Trinajstić information content (AvgIpc) is 2.75. The predicted molar refractivity (Wildman–Crippen MR) is 114 cm³/mol. The van der Waals surface area contributed by atoms with E-state index < -0.39 is 10.0 Å². The third-order valence-corrected chi connectivity index (χ3v) is 6.05. The smallest absolute Gasteiger partial charge is 0.240 e. The largest absolute Gasteiger partial charge is 0.293 e. The second-order valence-corrected chi connectivity index (χ2v) is 8.66. The van der Waals surface area contributed by atoms with Crippen molar-refractivity contribution in [1.29, 1.82) is 0 Å². The van der Waals surface area contributed by atoms with Crippen LogP contribution in [0, 0.1) is 0 Å². The summed E-state index contributed by atoms with van der Waals surface area (Å²) >= 11 is 0. The van der Waals surface area contributed by atoms with E-state index in [9.17, 15) is 13.2 Å². The maximum atomic E-state index is 12.9. The molecule has 3 aromatic rings. The molecule has 0 unspecified atom stereocenters. The van der Waals surface area contributed by atoms with Crippen molar-refractivity contribution in [3.63, 3.8) is 0 Å². The number of nitrogens with zero attached hydrogens (tertiary/aromatic N) is 1. The average molecular weight is 409 g/mol. The van der Waals surface area contributed by atoms with Crippen LogP contribution in [-0.2, 0) is 23.1 Å². The number of rotatable bonds is 9. The fourth-order valence-corrected chi connectivity index (χ4v) is 3.81. The van der Waals surface area contributed by atoms with Gasteiger partial charge in [-0.2, -0.15) is 0 Å². The lowest BCUT2D eigenvalue weighted by atomic mass is 10.1. The van der Waals surface area contributed by atoms with Gasteiger partial charge >= 0.3 is 0 Å². The molecule has 0 aromatic heterocycles. The number of carbonyl (C=O) groups is 1. The predicted octanol–water partition coefficient (Wildman–Crippen LogP) is 3.48. The van der Waals surface area contributed by atoms with Crippen LogP contribution in [0.1, 0.15) is 21.5 Å². The van der Waals surface area contributed by atoms with Crippen molar-refractivity contribution < 1.29 is 13.2 Å². The van der Waals surface area contributed by atoms with Crippen molar-refractivity contribution in [2.24, 2.45) is 0 Å². The molecule has 0 aliphatic carbocycles. The second kappa shape index (κ2) is 9.60. The summed E-state index contributed by atoms with van der Waals surface area (Å²) in [5.74, 6) is -0.0507. The van der Waals surface area contributed by atoms with Crippen molar-refractivity contribution in [3.8, 4) is 0 Å². The van der Waals surface area contributed by atoms with E-state index in [0.717, 1.165) is 11.1 Å². The molecule has 0 saturated heterocycles. The van der Waals surface area contributed by atoms with Crippen LogP contribution in [-0.4, -0.2) is 32.7 Å². The van der Waals surface area contributed by atoms with Gasteiger partial charge in [-0.25, -0.2) is 13.1 Å². The first-order chi connectivity index (χ1) is 14.0. The van der Waals surface area contributed by atoms with Gasteiger partial charge in [0, 0.05) is 18.7 Å². The highest BCUT2D eigenvalue weighted by Gasteiger charge is 2.16. The monoisotopic (exact) mass is 408 g/mol. The Labute approximate surface area is 172 Å². The van der Waals surface area contributed by atoms with Crippen molar-refractivity contribution in [1.82, 2.24) is 9.62 Å². The van der Waals surface area contributed by atoms with Crippen LogP contribution in [0.5, 0.6) is 0 Å². The maximum Gasteiger partial charge on any atom is 0.240 e. The Balaban J connectivity index is 1.76. The van der Waals surface area contributed by atoms with E-state index in [-0.39, 0.29) is 17.2 Å². The minimum atomic E-state index is -3.52. The van der Waals surface area contributed by atoms with E-state index in [0.29, 0.717) is 18.7 Å². The summed E-state index contributed by atoms with van der Waals surface area (Å²) in [7, 11) is -2.16. The molecule has 3 aromatic carbocycles. The lowest BCUT2D eigenvalue weighted by Gasteiger charge is -2.22. The molecule has 0 bridgehead atoms. The first-order valence-corrected chi connectivity index (χ1v) is 10.8. The van der Waals surface area contributed by atoms with Gasteiger partial charge < -0.3 is 0 Å². The fourth-order valence-electron chi connectivity index (χ4n) is 3.08. The molecule has 29 heavy (non-hydrogen) atoms. The van der Waals surface area contributed by atoms with Crippen LogP contribution in [0.25, 0.3) is 0 Å². The fraction of sp³-hybridized carbons (Fsp3) is 0.174. The molecule has 150 valence electrons. The molecule has 0 aliphatic heterocycles. The van der Waals surface area contributed by atoms with E-state index in [1.165, 1.54) is 19.2 Å². The van der Waals surface area contributed by atoms with Gasteiger partial charge in [0.25, 0.3) is 0 Å². The molecule has 0 saturated carbocycles. The highest BCUT2D eigenvalue weighted by atomic mass is 32.2. The minimum Gasteiger partial charge on any atom is -0.293 e. The zero-order valence-electron chi connectivity index (χ0n) is 16.3. The molecule has 0 aliphatic rings. The first-order valence-electron chi connectivity index (χ1n) is 9.35. The van der Waals surface area contributed by atoms with Crippen LogP contribution in [0.4, 0.5) is 0 Å². The molecule has 6 heteroatoms. The maximum absolute atomic E-state index is 12.9. The highest BCUT2D eigenvalue weighted by molar-refractivity contribution is 7.89. The quantitative estimate of drug-likeness (QED) is 0.551. The summed E-state index contributed by atoms with van der Waals surface area (Å²) in [4.78, 5) is 15.1. The Morgan fingerprint density at radius 2 is 1.28 bits per heavy atom. The highest BCUT2D eigenvalue weighted by Crippen LogP contribution is 2.14. The topological polar surface area (TPSA) is 66.5 Å². The van der Waals surface area contributed by atoms with Crippen molar-refractivity contribution in [3.05, 3.63) is 102 Å². The van der Waals surface area contributed by atoms with Crippen LogP contribution in [0.3, 0.4) is 0 Å². The van der Waals surface area contributed by atoms with E-state index in [1.807, 2.05) is 60.7 Å². The summed E-state index contributed by atoms with van der Waals surface area (Å²) in [6.45, 7) is 1.53. The number of sulfonamides is 1. The van der Waals surface area contributed by atoms with Crippen LogP contribution in [0.2, 0.25) is 0 Å². The van der Waals surface area contributed by atoms with E-state index in [1.54, 1.807) is 12.1 Å². The Hall–Kier alpha value is -2.80. The minimum absolute atomic E-state index is 0.0507. The molecule has 0 heterocycles. The molecule has 3 rings (SSSR count). The number of nitrogens with one attached hydrogen (secondary N) is 1. The Morgan fingerprint density at radius 3 is 1.72 bits per heavy atom. The zero-order valence-corrected chi connectivity index (χ0v) is 17.1. The van der Waals surface area contributed by atoms with Gasteiger partial charge in [-0.05, 0) is 30.3 Å². The number of hydrogen-bond acceptors (Lipinski definition) is 4. The van der Waals surface area contributed by atoms with Gasteiger partial charge in [-0.1, -0.05) is 72.8 Å². The van der Waals surface area contributed by atoms with E-state index >= 15 is 0 Å². The Kier molecular flexibility index (Phi) is 6.93. The van der Waals surface area contributed by atoms with Gasteiger partial charge in [0.1, 0.15) is 0 Å². The second-order valence-electron chi connectivity index (χ2n) is 6.77. The van der Waals surface area contributed by atoms with Gasteiger partial charge in [0.15, 0.2) is 5.78 Å². The number of benzene rings is 3. The van der Waals surface area contributed by atoms with Crippen molar-refractivity contribution in [2.75, 3.05) is 13.6 Å². The molecule has 0 atom stereocenters. The number of ketones is 1. The number of carbonyl (C=O) groups excluding carboxylic acids is 1. The van der Waals surface area contributed by atoms with Crippen LogP contribution >= 0.6 is 0 Å².